The lowest BCUT2D eigenvalue weighted by Crippen LogP contribution is -2.48. The normalized spacial score (nSPS) is 14.7. The van der Waals surface area contributed by atoms with Crippen molar-refractivity contribution < 1.29 is 9.59 Å². The summed E-state index contributed by atoms with van der Waals surface area (Å²) in [4.78, 5) is 34.2. The van der Waals surface area contributed by atoms with Gasteiger partial charge < -0.3 is 15.1 Å². The van der Waals surface area contributed by atoms with Crippen LogP contribution >= 0.6 is 0 Å². The smallest absolute Gasteiger partial charge is 0.255 e. The van der Waals surface area contributed by atoms with Gasteiger partial charge in [-0.15, -0.1) is 0 Å². The summed E-state index contributed by atoms with van der Waals surface area (Å²) >= 11 is 0. The van der Waals surface area contributed by atoms with Crippen molar-refractivity contribution in [2.75, 3.05) is 38.0 Å². The van der Waals surface area contributed by atoms with Crippen molar-refractivity contribution in [3.8, 4) is 0 Å². The molecular weight excluding hydrogens is 364 g/mol. The Bertz CT molecular complexity index is 1040. The van der Waals surface area contributed by atoms with Gasteiger partial charge >= 0.3 is 0 Å². The van der Waals surface area contributed by atoms with E-state index in [0.29, 0.717) is 29.9 Å². The predicted molar refractivity (Wildman–Crippen MR) is 114 cm³/mol. The summed E-state index contributed by atoms with van der Waals surface area (Å²) < 4.78 is 0. The van der Waals surface area contributed by atoms with E-state index in [9.17, 15) is 9.59 Å². The lowest BCUT2D eigenvalue weighted by molar-refractivity contribution is 0.0643. The first-order valence-corrected chi connectivity index (χ1v) is 9.92. The van der Waals surface area contributed by atoms with Crippen LogP contribution in [0.1, 0.15) is 27.6 Å². The predicted octanol–water partition coefficient (Wildman–Crippen LogP) is 3.26. The van der Waals surface area contributed by atoms with E-state index < -0.39 is 0 Å². The molecular formula is C23H24N4O2. The molecule has 0 aliphatic carbocycles. The van der Waals surface area contributed by atoms with E-state index in [2.05, 4.69) is 22.1 Å². The van der Waals surface area contributed by atoms with Gasteiger partial charge in [-0.05, 0) is 36.9 Å². The van der Waals surface area contributed by atoms with Crippen molar-refractivity contribution >= 4 is 28.4 Å². The summed E-state index contributed by atoms with van der Waals surface area (Å²) in [7, 11) is 0. The molecule has 1 aliphatic heterocycles. The van der Waals surface area contributed by atoms with Crippen molar-refractivity contribution in [2.45, 2.75) is 6.92 Å². The number of hydrogen-bond acceptors (Lipinski definition) is 4. The Morgan fingerprint density at radius 1 is 0.966 bits per heavy atom. The molecule has 0 radical (unpaired) electrons. The maximum Gasteiger partial charge on any atom is 0.255 e. The zero-order valence-corrected chi connectivity index (χ0v) is 16.5. The second-order valence-electron chi connectivity index (χ2n) is 7.14. The number of anilines is 1. The van der Waals surface area contributed by atoms with Gasteiger partial charge in [0.25, 0.3) is 11.8 Å². The first kappa shape index (κ1) is 19.1. The first-order valence-electron chi connectivity index (χ1n) is 9.92. The summed E-state index contributed by atoms with van der Waals surface area (Å²) in [5.74, 6) is -0.282. The molecule has 3 aromatic rings. The van der Waals surface area contributed by atoms with E-state index in [-0.39, 0.29) is 11.8 Å². The number of likely N-dealkylation sites (N-methyl/N-ethyl adjacent to an activating group) is 1. The summed E-state index contributed by atoms with van der Waals surface area (Å²) in [6, 6.07) is 16.4. The molecule has 1 fully saturated rings. The topological polar surface area (TPSA) is 65.5 Å². The van der Waals surface area contributed by atoms with Gasteiger partial charge in [-0.3, -0.25) is 14.6 Å². The largest absolute Gasteiger partial charge is 0.336 e. The number of para-hydroxylation sites is 1. The summed E-state index contributed by atoms with van der Waals surface area (Å²) in [5.41, 5.74) is 2.39. The Labute approximate surface area is 170 Å². The van der Waals surface area contributed by atoms with Crippen LogP contribution in [0.3, 0.4) is 0 Å². The molecule has 1 aromatic heterocycles. The molecule has 4 rings (SSSR count). The molecule has 1 N–H and O–H groups in total. The van der Waals surface area contributed by atoms with Crippen LogP contribution < -0.4 is 5.32 Å². The molecule has 2 heterocycles. The third kappa shape index (κ3) is 4.12. The number of fused-ring (bicyclic) bond motifs is 1. The summed E-state index contributed by atoms with van der Waals surface area (Å²) in [5, 5.41) is 3.89. The van der Waals surface area contributed by atoms with Crippen molar-refractivity contribution in [1.82, 2.24) is 14.8 Å². The highest BCUT2D eigenvalue weighted by atomic mass is 16.2. The minimum atomic E-state index is -0.256. The van der Waals surface area contributed by atoms with E-state index >= 15 is 0 Å². The summed E-state index contributed by atoms with van der Waals surface area (Å²) in [6.45, 7) is 6.33. The lowest BCUT2D eigenvalue weighted by atomic mass is 10.1. The highest BCUT2D eigenvalue weighted by Crippen LogP contribution is 2.21. The fourth-order valence-electron chi connectivity index (χ4n) is 3.64. The van der Waals surface area contributed by atoms with E-state index in [1.807, 2.05) is 35.2 Å². The van der Waals surface area contributed by atoms with E-state index in [0.717, 1.165) is 30.5 Å². The third-order valence-corrected chi connectivity index (χ3v) is 5.36. The minimum Gasteiger partial charge on any atom is -0.336 e. The van der Waals surface area contributed by atoms with Crippen LogP contribution in [0, 0.1) is 0 Å². The van der Waals surface area contributed by atoms with E-state index in [4.69, 9.17) is 0 Å². The second-order valence-corrected chi connectivity index (χ2v) is 7.14. The number of amides is 2. The van der Waals surface area contributed by atoms with Gasteiger partial charge in [-0.1, -0.05) is 31.2 Å². The van der Waals surface area contributed by atoms with Gasteiger partial charge in [0.15, 0.2) is 0 Å². The molecule has 0 saturated carbocycles. The molecule has 29 heavy (non-hydrogen) atoms. The number of aromatic nitrogens is 1. The van der Waals surface area contributed by atoms with Gasteiger partial charge in [-0.25, -0.2) is 0 Å². The molecule has 0 unspecified atom stereocenters. The van der Waals surface area contributed by atoms with Crippen LogP contribution in [0.4, 0.5) is 5.69 Å². The Morgan fingerprint density at radius 2 is 1.69 bits per heavy atom. The Morgan fingerprint density at radius 3 is 2.48 bits per heavy atom. The number of nitrogens with zero attached hydrogens (tertiary/aromatic N) is 3. The van der Waals surface area contributed by atoms with Crippen molar-refractivity contribution in [3.05, 3.63) is 71.9 Å². The number of rotatable bonds is 4. The molecule has 1 saturated heterocycles. The van der Waals surface area contributed by atoms with Crippen molar-refractivity contribution in [1.29, 1.82) is 0 Å². The number of carbonyl (C=O) groups excluding carboxylic acids is 2. The average Bonchev–Trinajstić information content (AvgIpc) is 2.79. The monoisotopic (exact) mass is 388 g/mol. The maximum absolute atomic E-state index is 12.9. The molecule has 0 bridgehead atoms. The SMILES string of the molecule is CCN1CCN(C(=O)c2cccc(C(=O)Nc3cccc4cccnc34)c2)CC1. The molecule has 1 aliphatic rings. The molecule has 0 spiro atoms. The Hall–Kier alpha value is -3.25. The van der Waals surface area contributed by atoms with E-state index in [1.165, 1.54) is 0 Å². The second kappa shape index (κ2) is 8.41. The van der Waals surface area contributed by atoms with Crippen LogP contribution in [-0.2, 0) is 0 Å². The average molecular weight is 388 g/mol. The van der Waals surface area contributed by atoms with Gasteiger partial charge in [0.2, 0.25) is 0 Å². The lowest BCUT2D eigenvalue weighted by Gasteiger charge is -2.34. The number of benzene rings is 2. The van der Waals surface area contributed by atoms with Crippen molar-refractivity contribution in [3.63, 3.8) is 0 Å². The summed E-state index contributed by atoms with van der Waals surface area (Å²) in [6.07, 6.45) is 1.70. The van der Waals surface area contributed by atoms with Gasteiger partial charge in [0.1, 0.15) is 0 Å². The van der Waals surface area contributed by atoms with Crippen LogP contribution in [0.15, 0.2) is 60.8 Å². The molecule has 6 heteroatoms. The first-order chi connectivity index (χ1) is 14.2. The van der Waals surface area contributed by atoms with Gasteiger partial charge in [-0.2, -0.15) is 0 Å². The zero-order chi connectivity index (χ0) is 20.2. The fourth-order valence-corrected chi connectivity index (χ4v) is 3.64. The standard InChI is InChI=1S/C23H24N4O2/c1-2-26-12-14-27(15-13-26)23(29)19-8-3-7-18(16-19)22(28)25-20-10-4-6-17-9-5-11-24-21(17)20/h3-11,16H,2,12-15H2,1H3,(H,25,28). The van der Waals surface area contributed by atoms with Crippen molar-refractivity contribution in [2.24, 2.45) is 0 Å². The Kier molecular flexibility index (Phi) is 5.53. The van der Waals surface area contributed by atoms with E-state index in [1.54, 1.807) is 30.5 Å². The molecule has 2 amide bonds. The number of piperazine rings is 1. The molecule has 148 valence electrons. The number of pyridine rings is 1. The highest BCUT2D eigenvalue weighted by Gasteiger charge is 2.22. The molecule has 6 nitrogen and oxygen atoms in total. The van der Waals surface area contributed by atoms with Crippen LogP contribution in [0.25, 0.3) is 10.9 Å². The fraction of sp³-hybridized carbons (Fsp3) is 0.261. The zero-order valence-electron chi connectivity index (χ0n) is 16.5. The minimum absolute atomic E-state index is 0.0257. The van der Waals surface area contributed by atoms with Gasteiger partial charge in [0, 0.05) is 48.9 Å². The number of carbonyl (C=O) groups is 2. The quantitative estimate of drug-likeness (QED) is 0.745. The third-order valence-electron chi connectivity index (χ3n) is 5.36. The number of nitrogens with one attached hydrogen (secondary N) is 1. The van der Waals surface area contributed by atoms with Crippen LogP contribution in [-0.4, -0.2) is 59.3 Å². The highest BCUT2D eigenvalue weighted by molar-refractivity contribution is 6.09. The van der Waals surface area contributed by atoms with Crippen LogP contribution in [0.5, 0.6) is 0 Å². The van der Waals surface area contributed by atoms with Crippen LogP contribution in [0.2, 0.25) is 0 Å². The molecule has 0 atom stereocenters. The van der Waals surface area contributed by atoms with Gasteiger partial charge in [0.05, 0.1) is 11.2 Å². The molecule has 2 aromatic carbocycles. The number of hydrogen-bond donors (Lipinski definition) is 1. The maximum atomic E-state index is 12.9. The Balaban J connectivity index is 1.51.